The predicted octanol–water partition coefficient (Wildman–Crippen LogP) is 10.8. The van der Waals surface area contributed by atoms with Gasteiger partial charge in [0.2, 0.25) is 0 Å². The zero-order valence-electron chi connectivity index (χ0n) is 25.9. The van der Waals surface area contributed by atoms with Gasteiger partial charge in [0.15, 0.2) is 0 Å². The van der Waals surface area contributed by atoms with Crippen molar-refractivity contribution in [3.63, 3.8) is 0 Å². The molecule has 0 aromatic heterocycles. The van der Waals surface area contributed by atoms with Gasteiger partial charge in [-0.3, -0.25) is 0 Å². The molecule has 0 heterocycles. The monoisotopic (exact) mass is 545 g/mol. The van der Waals surface area contributed by atoms with Crippen LogP contribution in [0.2, 0.25) is 0 Å². The first-order valence-corrected chi connectivity index (χ1v) is 15.1. The summed E-state index contributed by atoms with van der Waals surface area (Å²) in [7, 11) is 1.39. The smallest absolute Gasteiger partial charge is 0.526 e. The summed E-state index contributed by atoms with van der Waals surface area (Å²) in [6.45, 7) is 13.8. The lowest BCUT2D eigenvalue weighted by molar-refractivity contribution is 0.365. The van der Waals surface area contributed by atoms with E-state index in [9.17, 15) is 0 Å². The van der Waals surface area contributed by atoms with E-state index in [4.69, 9.17) is 9.31 Å². The Bertz CT molecular complexity index is 1220. The average molecular weight is 546 g/mol. The number of hydrogen-bond donors (Lipinski definition) is 0. The fourth-order valence-corrected chi connectivity index (χ4v) is 4.96. The maximum atomic E-state index is 5.73. The third-order valence-electron chi connectivity index (χ3n) is 7.44. The number of rotatable bonds is 12. The van der Waals surface area contributed by atoms with Gasteiger partial charge in [-0.1, -0.05) is 114 Å². The summed E-state index contributed by atoms with van der Waals surface area (Å²) >= 11 is 0. The van der Waals surface area contributed by atoms with E-state index in [2.05, 4.69) is 114 Å². The van der Waals surface area contributed by atoms with Crippen LogP contribution in [-0.4, -0.2) is 7.69 Å². The zero-order valence-corrected chi connectivity index (χ0v) is 25.9. The van der Waals surface area contributed by atoms with Crippen molar-refractivity contribution in [2.45, 2.75) is 80.1 Å². The average Bonchev–Trinajstić information content (AvgIpc) is 2.93. The van der Waals surface area contributed by atoms with Gasteiger partial charge in [-0.15, -0.1) is 0 Å². The van der Waals surface area contributed by atoms with Crippen molar-refractivity contribution in [2.75, 3.05) is 0 Å². The Morgan fingerprint density at radius 1 is 0.439 bits per heavy atom. The molecule has 0 aliphatic rings. The van der Waals surface area contributed by atoms with Crippen LogP contribution in [0, 0.1) is 10.8 Å². The lowest BCUT2D eigenvalue weighted by Gasteiger charge is -2.17. The Morgan fingerprint density at radius 2 is 0.732 bits per heavy atom. The maximum absolute atomic E-state index is 5.73. The Labute approximate surface area is 249 Å². The van der Waals surface area contributed by atoms with Gasteiger partial charge in [0.25, 0.3) is 0 Å². The molecule has 41 heavy (non-hydrogen) atoms. The number of hydrogen-bond acceptors (Lipinski definition) is 2. The van der Waals surface area contributed by atoms with E-state index in [1.54, 1.807) is 0 Å². The molecule has 4 rings (SSSR count). The van der Waals surface area contributed by atoms with Crippen LogP contribution in [0.3, 0.4) is 0 Å². The van der Waals surface area contributed by atoms with Gasteiger partial charge in [-0.2, -0.15) is 0 Å². The number of aryl methyl sites for hydroxylation is 2. The van der Waals surface area contributed by atoms with Crippen molar-refractivity contribution in [2.24, 2.45) is 10.8 Å². The highest BCUT2D eigenvalue weighted by Gasteiger charge is 2.11. The van der Waals surface area contributed by atoms with Crippen LogP contribution in [0.15, 0.2) is 97.1 Å². The molecule has 0 amide bonds. The summed E-state index contributed by atoms with van der Waals surface area (Å²) in [6.07, 6.45) is 7.21. The van der Waals surface area contributed by atoms with Crippen LogP contribution in [0.5, 0.6) is 11.5 Å². The molecule has 0 aliphatic carbocycles. The van der Waals surface area contributed by atoms with Gasteiger partial charge in [-0.25, -0.2) is 0 Å². The van der Waals surface area contributed by atoms with E-state index in [-0.39, 0.29) is 0 Å². The van der Waals surface area contributed by atoms with Crippen LogP contribution < -0.4 is 9.31 Å². The van der Waals surface area contributed by atoms with Gasteiger partial charge in [-0.05, 0) is 107 Å². The van der Waals surface area contributed by atoms with E-state index < -0.39 is 0 Å². The molecule has 3 heteroatoms. The van der Waals surface area contributed by atoms with Crippen molar-refractivity contribution in [1.82, 2.24) is 0 Å². The lowest BCUT2D eigenvalue weighted by atomic mass is 9.89. The van der Waals surface area contributed by atoms with Gasteiger partial charge >= 0.3 is 7.69 Å². The van der Waals surface area contributed by atoms with Crippen molar-refractivity contribution in [3.05, 3.63) is 108 Å². The molecule has 4 aromatic rings. The second kappa shape index (κ2) is 13.9. The largest absolute Gasteiger partial charge is 0.658 e. The topological polar surface area (TPSA) is 18.5 Å². The normalized spacial score (nSPS) is 11.8. The maximum Gasteiger partial charge on any atom is 0.658 e. The Kier molecular flexibility index (Phi) is 10.4. The second-order valence-corrected chi connectivity index (χ2v) is 13.6. The predicted molar refractivity (Wildman–Crippen MR) is 176 cm³/mol. The van der Waals surface area contributed by atoms with Crippen LogP contribution in [0.25, 0.3) is 22.3 Å². The third kappa shape index (κ3) is 10.5. The minimum atomic E-state index is 0.399. The minimum absolute atomic E-state index is 0.399. The summed E-state index contributed by atoms with van der Waals surface area (Å²) in [5, 5.41) is 0. The fraction of sp³-hybridized carbons (Fsp3) is 0.368. The standard InChI is InChI=1S/C38H46BO2/c1-37(2,3)27-7-9-29-11-15-31(16-12-29)33-19-23-35(24-20-33)40-39-41-36-25-21-34(22-26-36)32-17-13-30(14-18-32)10-8-28-38(4,5)6/h11-26H,7-10,27-28H2,1-6H3. The number of benzene rings is 4. The lowest BCUT2D eigenvalue weighted by Crippen LogP contribution is -2.10. The molecule has 0 fully saturated rings. The molecule has 0 saturated heterocycles. The highest BCUT2D eigenvalue weighted by atomic mass is 16.6. The molecule has 0 aliphatic heterocycles. The Morgan fingerprint density at radius 3 is 1.02 bits per heavy atom. The summed E-state index contributed by atoms with van der Waals surface area (Å²) in [5.74, 6) is 1.48. The summed E-state index contributed by atoms with van der Waals surface area (Å²) in [5.41, 5.74) is 8.38. The van der Waals surface area contributed by atoms with Gasteiger partial charge in [0, 0.05) is 0 Å². The molecule has 213 valence electrons. The van der Waals surface area contributed by atoms with E-state index in [0.717, 1.165) is 24.3 Å². The SMILES string of the molecule is CC(C)(C)CCCc1ccc(-c2ccc(O[B]Oc3ccc(-c4ccc(CCCC(C)(C)C)cc4)cc3)cc2)cc1. The zero-order chi connectivity index (χ0) is 29.3. The minimum Gasteiger partial charge on any atom is -0.526 e. The molecule has 1 radical (unpaired) electrons. The first kappa shape index (κ1) is 30.5. The van der Waals surface area contributed by atoms with Crippen LogP contribution in [0.1, 0.15) is 78.4 Å². The van der Waals surface area contributed by atoms with E-state index in [0.29, 0.717) is 10.8 Å². The van der Waals surface area contributed by atoms with E-state index in [1.807, 2.05) is 24.3 Å². The second-order valence-electron chi connectivity index (χ2n) is 13.6. The molecule has 0 spiro atoms. The summed E-state index contributed by atoms with van der Waals surface area (Å²) in [6, 6.07) is 34.1. The van der Waals surface area contributed by atoms with Gasteiger partial charge < -0.3 is 9.31 Å². The van der Waals surface area contributed by atoms with Crippen molar-refractivity contribution >= 4 is 7.69 Å². The van der Waals surface area contributed by atoms with Crippen LogP contribution in [-0.2, 0) is 12.8 Å². The van der Waals surface area contributed by atoms with Crippen molar-refractivity contribution in [1.29, 1.82) is 0 Å². The van der Waals surface area contributed by atoms with Crippen molar-refractivity contribution in [3.8, 4) is 33.8 Å². The molecule has 0 unspecified atom stereocenters. The van der Waals surface area contributed by atoms with Crippen LogP contribution >= 0.6 is 0 Å². The molecule has 0 atom stereocenters. The highest BCUT2D eigenvalue weighted by molar-refractivity contribution is 6.20. The van der Waals surface area contributed by atoms with Gasteiger partial charge in [0.05, 0.1) is 0 Å². The molecule has 0 N–H and O–H groups in total. The fourth-order valence-electron chi connectivity index (χ4n) is 4.96. The van der Waals surface area contributed by atoms with E-state index >= 15 is 0 Å². The molecule has 0 bridgehead atoms. The Balaban J connectivity index is 1.21. The third-order valence-corrected chi connectivity index (χ3v) is 7.44. The molecule has 2 nitrogen and oxygen atoms in total. The van der Waals surface area contributed by atoms with Crippen molar-refractivity contribution < 1.29 is 9.31 Å². The molecule has 4 aromatic carbocycles. The summed E-state index contributed by atoms with van der Waals surface area (Å²) in [4.78, 5) is 0. The van der Waals surface area contributed by atoms with Crippen LogP contribution in [0.4, 0.5) is 0 Å². The first-order valence-electron chi connectivity index (χ1n) is 15.1. The molecular formula is C38H46BO2. The quantitative estimate of drug-likeness (QED) is 0.165. The van der Waals surface area contributed by atoms with Gasteiger partial charge in [0.1, 0.15) is 11.5 Å². The Hall–Kier alpha value is -3.46. The van der Waals surface area contributed by atoms with E-state index in [1.165, 1.54) is 66.7 Å². The summed E-state index contributed by atoms with van der Waals surface area (Å²) < 4.78 is 11.5. The first-order chi connectivity index (χ1) is 19.5. The highest BCUT2D eigenvalue weighted by Crippen LogP contribution is 2.27. The molecular weight excluding hydrogens is 499 g/mol. The molecule has 0 saturated carbocycles.